The third-order valence-corrected chi connectivity index (χ3v) is 7.37. The van der Waals surface area contributed by atoms with Crippen molar-refractivity contribution in [3.8, 4) is 11.1 Å². The number of alkyl carbamates (subject to hydrolysis) is 1. The van der Waals surface area contributed by atoms with E-state index in [9.17, 15) is 19.5 Å². The molecule has 8 nitrogen and oxygen atoms in total. The minimum absolute atomic E-state index is 0.000894. The third-order valence-electron chi connectivity index (χ3n) is 7.37. The average Bonchev–Trinajstić information content (AvgIpc) is 3.40. The summed E-state index contributed by atoms with van der Waals surface area (Å²) in [5.41, 5.74) is 4.67. The van der Waals surface area contributed by atoms with Gasteiger partial charge in [-0.25, -0.2) is 4.79 Å². The number of carbonyl (C=O) groups excluding carboxylic acids is 2. The van der Waals surface area contributed by atoms with Gasteiger partial charge in [0.1, 0.15) is 12.5 Å². The molecule has 2 N–H and O–H groups in total. The van der Waals surface area contributed by atoms with Crippen molar-refractivity contribution < 1.29 is 29.0 Å². The highest BCUT2D eigenvalue weighted by atomic mass is 16.5. The Hall–Kier alpha value is -3.39. The Morgan fingerprint density at radius 2 is 1.66 bits per heavy atom. The molecular weight excluding hydrogens is 448 g/mol. The Morgan fingerprint density at radius 3 is 2.29 bits per heavy atom. The number of nitrogens with one attached hydrogen (secondary N) is 1. The Morgan fingerprint density at radius 1 is 1.00 bits per heavy atom. The van der Waals surface area contributed by atoms with Gasteiger partial charge in [-0.3, -0.25) is 9.59 Å². The first-order chi connectivity index (χ1) is 17.0. The Labute approximate surface area is 204 Å². The maximum atomic E-state index is 12.8. The van der Waals surface area contributed by atoms with E-state index in [0.29, 0.717) is 26.1 Å². The molecule has 3 aliphatic rings. The number of carbonyl (C=O) groups is 3. The maximum Gasteiger partial charge on any atom is 0.407 e. The van der Waals surface area contributed by atoms with Crippen LogP contribution in [-0.2, 0) is 19.1 Å². The molecule has 5 rings (SSSR count). The minimum Gasteiger partial charge on any atom is -0.481 e. The van der Waals surface area contributed by atoms with Crippen LogP contribution in [0.25, 0.3) is 11.1 Å². The van der Waals surface area contributed by atoms with Crippen molar-refractivity contribution in [1.82, 2.24) is 10.2 Å². The van der Waals surface area contributed by atoms with Crippen molar-refractivity contribution in [2.24, 2.45) is 17.8 Å². The van der Waals surface area contributed by atoms with E-state index in [2.05, 4.69) is 29.6 Å². The summed E-state index contributed by atoms with van der Waals surface area (Å²) in [5, 5.41) is 12.2. The van der Waals surface area contributed by atoms with Crippen LogP contribution in [0.4, 0.5) is 4.79 Å². The van der Waals surface area contributed by atoms with E-state index in [4.69, 9.17) is 9.47 Å². The highest BCUT2D eigenvalue weighted by Crippen LogP contribution is 2.44. The van der Waals surface area contributed by atoms with E-state index >= 15 is 0 Å². The smallest absolute Gasteiger partial charge is 0.407 e. The van der Waals surface area contributed by atoms with Crippen molar-refractivity contribution in [2.45, 2.75) is 25.4 Å². The van der Waals surface area contributed by atoms with Gasteiger partial charge in [0.15, 0.2) is 0 Å². The summed E-state index contributed by atoms with van der Waals surface area (Å²) in [4.78, 5) is 38.3. The normalized spacial score (nSPS) is 24.5. The van der Waals surface area contributed by atoms with Crippen LogP contribution in [0.15, 0.2) is 48.5 Å². The van der Waals surface area contributed by atoms with Crippen molar-refractivity contribution in [2.75, 3.05) is 32.8 Å². The first-order valence-corrected chi connectivity index (χ1v) is 12.2. The molecule has 0 spiro atoms. The molecule has 4 unspecified atom stereocenters. The van der Waals surface area contributed by atoms with Crippen molar-refractivity contribution in [3.05, 3.63) is 59.7 Å². The number of ether oxygens (including phenoxy) is 2. The van der Waals surface area contributed by atoms with Crippen LogP contribution < -0.4 is 5.32 Å². The summed E-state index contributed by atoms with van der Waals surface area (Å²) in [6.45, 7) is 3.30. The molecule has 0 aromatic heterocycles. The van der Waals surface area contributed by atoms with Gasteiger partial charge in [0.05, 0.1) is 6.10 Å². The SMILES string of the molecule is CCOC1CN(C(=O)C2CC2CNC(=O)OCC2c3ccccc3-c3ccccc32)CC1C(=O)O. The van der Waals surface area contributed by atoms with Crippen LogP contribution in [0, 0.1) is 17.8 Å². The molecule has 35 heavy (non-hydrogen) atoms. The molecule has 4 atom stereocenters. The lowest BCUT2D eigenvalue weighted by atomic mass is 9.98. The molecule has 0 bridgehead atoms. The zero-order valence-corrected chi connectivity index (χ0v) is 19.7. The molecule has 0 radical (unpaired) electrons. The molecule has 1 saturated carbocycles. The zero-order valence-electron chi connectivity index (χ0n) is 19.7. The van der Waals surface area contributed by atoms with Gasteiger partial charge in [0.25, 0.3) is 0 Å². The first-order valence-electron chi connectivity index (χ1n) is 12.2. The minimum atomic E-state index is -0.942. The van der Waals surface area contributed by atoms with Crippen LogP contribution in [0.2, 0.25) is 0 Å². The molecule has 2 aromatic carbocycles. The second kappa shape index (κ2) is 9.70. The van der Waals surface area contributed by atoms with Gasteiger partial charge < -0.3 is 24.8 Å². The molecule has 8 heteroatoms. The molecule has 1 saturated heterocycles. The summed E-state index contributed by atoms with van der Waals surface area (Å²) in [6, 6.07) is 16.4. The number of likely N-dealkylation sites (tertiary alicyclic amines) is 1. The van der Waals surface area contributed by atoms with Gasteiger partial charge in [-0.2, -0.15) is 0 Å². The fourth-order valence-electron chi connectivity index (χ4n) is 5.45. The number of hydrogen-bond donors (Lipinski definition) is 2. The highest BCUT2D eigenvalue weighted by molar-refractivity contribution is 5.84. The number of benzene rings is 2. The van der Waals surface area contributed by atoms with Crippen LogP contribution >= 0.6 is 0 Å². The highest BCUT2D eigenvalue weighted by Gasteiger charge is 2.49. The largest absolute Gasteiger partial charge is 0.481 e. The van der Waals surface area contributed by atoms with E-state index in [1.54, 1.807) is 4.90 Å². The predicted molar refractivity (Wildman–Crippen MR) is 128 cm³/mol. The fourth-order valence-corrected chi connectivity index (χ4v) is 5.45. The summed E-state index contributed by atoms with van der Waals surface area (Å²) in [7, 11) is 0. The summed E-state index contributed by atoms with van der Waals surface area (Å²) in [5.74, 6) is -1.86. The summed E-state index contributed by atoms with van der Waals surface area (Å²) < 4.78 is 11.1. The Bertz CT molecular complexity index is 1090. The number of carboxylic acid groups (broad SMARTS) is 1. The van der Waals surface area contributed by atoms with Crippen LogP contribution in [0.3, 0.4) is 0 Å². The van der Waals surface area contributed by atoms with Crippen molar-refractivity contribution >= 4 is 18.0 Å². The van der Waals surface area contributed by atoms with Gasteiger partial charge >= 0.3 is 12.1 Å². The van der Waals surface area contributed by atoms with Crippen molar-refractivity contribution in [1.29, 1.82) is 0 Å². The first kappa shape index (κ1) is 23.4. The standard InChI is InChI=1S/C27H30N2O6/c1-2-34-24-14-29(13-22(24)26(31)32)25(30)21-11-16(21)12-28-27(33)35-15-23-19-9-5-3-7-17(19)18-8-4-6-10-20(18)23/h3-10,16,21-24H,2,11-15H2,1H3,(H,28,33)(H,31,32). The quantitative estimate of drug-likeness (QED) is 0.604. The Kier molecular flexibility index (Phi) is 6.47. The second-order valence-electron chi connectivity index (χ2n) is 9.49. The molecule has 2 amide bonds. The van der Waals surface area contributed by atoms with E-state index in [-0.39, 0.29) is 36.8 Å². The molecule has 184 valence electrons. The monoisotopic (exact) mass is 478 g/mol. The van der Waals surface area contributed by atoms with E-state index in [1.165, 1.54) is 11.1 Å². The number of rotatable bonds is 8. The molecule has 2 aliphatic carbocycles. The summed E-state index contributed by atoms with van der Waals surface area (Å²) in [6.07, 6.45) is -0.290. The number of aliphatic carboxylic acids is 1. The van der Waals surface area contributed by atoms with Gasteiger partial charge in [-0.15, -0.1) is 0 Å². The molecule has 1 heterocycles. The molecule has 1 aliphatic heterocycles. The van der Waals surface area contributed by atoms with Crippen LogP contribution in [0.1, 0.15) is 30.4 Å². The van der Waals surface area contributed by atoms with Crippen molar-refractivity contribution in [3.63, 3.8) is 0 Å². The fraction of sp³-hybridized carbons (Fsp3) is 0.444. The van der Waals surface area contributed by atoms with E-state index < -0.39 is 24.1 Å². The van der Waals surface area contributed by atoms with Gasteiger partial charge in [-0.05, 0) is 41.5 Å². The topological polar surface area (TPSA) is 105 Å². The predicted octanol–water partition coefficient (Wildman–Crippen LogP) is 3.11. The van der Waals surface area contributed by atoms with Gasteiger partial charge in [0, 0.05) is 38.1 Å². The number of carboxylic acids is 1. The lowest BCUT2D eigenvalue weighted by Gasteiger charge is -2.16. The molecule has 2 aromatic rings. The van der Waals surface area contributed by atoms with Gasteiger partial charge in [-0.1, -0.05) is 48.5 Å². The number of fused-ring (bicyclic) bond motifs is 3. The lowest BCUT2D eigenvalue weighted by Crippen LogP contribution is -2.33. The average molecular weight is 479 g/mol. The van der Waals surface area contributed by atoms with E-state index in [1.807, 2.05) is 31.2 Å². The van der Waals surface area contributed by atoms with E-state index in [0.717, 1.165) is 11.1 Å². The number of nitrogens with zero attached hydrogens (tertiary/aromatic N) is 1. The lowest BCUT2D eigenvalue weighted by molar-refractivity contribution is -0.145. The second-order valence-corrected chi connectivity index (χ2v) is 9.49. The molecular formula is C27H30N2O6. The molecule has 2 fully saturated rings. The van der Waals surface area contributed by atoms with Crippen LogP contribution in [-0.4, -0.2) is 66.9 Å². The zero-order chi connectivity index (χ0) is 24.5. The Balaban J connectivity index is 1.10. The van der Waals surface area contributed by atoms with Gasteiger partial charge in [0.2, 0.25) is 5.91 Å². The summed E-state index contributed by atoms with van der Waals surface area (Å²) >= 11 is 0. The number of amides is 2. The number of hydrogen-bond acceptors (Lipinski definition) is 5. The van der Waals surface area contributed by atoms with Crippen LogP contribution in [0.5, 0.6) is 0 Å². The maximum absolute atomic E-state index is 12.8. The third kappa shape index (κ3) is 4.62.